The largest absolute Gasteiger partial charge is 0.507 e. The third-order valence-electron chi connectivity index (χ3n) is 8.54. The number of hydrogen-bond acceptors (Lipinski definition) is 16. The molecule has 1 saturated heterocycles. The minimum atomic E-state index is -4.86. The Labute approximate surface area is 295 Å². The molecule has 2 aromatic carbocycles. The predicted molar refractivity (Wildman–Crippen MR) is 179 cm³/mol. The summed E-state index contributed by atoms with van der Waals surface area (Å²) < 4.78 is 58.9. The van der Waals surface area contributed by atoms with Gasteiger partial charge in [-0.2, -0.15) is 0 Å². The van der Waals surface area contributed by atoms with E-state index in [0.717, 1.165) is 5.56 Å². The number of aliphatic hydroxyl groups is 2. The lowest BCUT2D eigenvalue weighted by atomic mass is 9.95. The molecule has 280 valence electrons. The van der Waals surface area contributed by atoms with Crippen LogP contribution in [-0.4, -0.2) is 95.1 Å². The number of ether oxygens (including phenoxy) is 4. The van der Waals surface area contributed by atoms with Crippen LogP contribution >= 0.6 is 15.2 Å². The van der Waals surface area contributed by atoms with Crippen LogP contribution in [0.4, 0.5) is 5.82 Å². The fourth-order valence-electron chi connectivity index (χ4n) is 6.03. The minimum absolute atomic E-state index is 0.00159. The molecule has 2 aromatic heterocycles. The van der Waals surface area contributed by atoms with Crippen LogP contribution in [-0.2, 0) is 58.6 Å². The molecular formula is C31H37N5O14P2. The summed E-state index contributed by atoms with van der Waals surface area (Å²) in [5.41, 5.74) is 8.46. The summed E-state index contributed by atoms with van der Waals surface area (Å²) in [6, 6.07) is 9.44. The van der Waals surface area contributed by atoms with E-state index in [1.54, 1.807) is 6.92 Å². The first-order valence-corrected chi connectivity index (χ1v) is 19.4. The molecule has 0 amide bonds. The monoisotopic (exact) mass is 765 g/mol. The van der Waals surface area contributed by atoms with Gasteiger partial charge in [-0.3, -0.25) is 13.7 Å². The Morgan fingerprint density at radius 2 is 1.79 bits per heavy atom. The molecule has 21 heteroatoms. The second-order valence-corrected chi connectivity index (χ2v) is 16.3. The number of rotatable bonds is 15. The molecule has 7 N–H and O–H groups in total. The molecule has 6 atom stereocenters. The summed E-state index contributed by atoms with van der Waals surface area (Å²) in [6.07, 6.45) is -4.79. The van der Waals surface area contributed by atoms with Crippen molar-refractivity contribution in [3.63, 3.8) is 0 Å². The number of benzene rings is 2. The standard InChI is InChI=1S/C31H37N5O14P2/c1-16-19-11-47-31(40)22(19)24(37)18(27(16)45-2)8-9-48-51(41,42)15-52(43,44)49-12-20-25(38)26(39)30(50-20)36-14-33-23-28(32)34-21(35-29(23)36)13-46-10-17-6-4-3-5-7-17/h3-7,14,20,25-26,30,37-39H,8-13,15H2,1-2H3,(H,41,42)(H,43,44)(H2,32,34,35)/t20-,25-,26-,30-/m1/s1. The lowest BCUT2D eigenvalue weighted by Gasteiger charge is -2.20. The fraction of sp³-hybridized carbons (Fsp3) is 0.419. The van der Waals surface area contributed by atoms with Crippen LogP contribution < -0.4 is 10.5 Å². The number of aromatic hydroxyl groups is 1. The average Bonchev–Trinajstić information content (AvgIpc) is 3.78. The molecular weight excluding hydrogens is 728 g/mol. The van der Waals surface area contributed by atoms with Gasteiger partial charge in [-0.15, -0.1) is 0 Å². The van der Waals surface area contributed by atoms with Gasteiger partial charge >= 0.3 is 21.2 Å². The van der Waals surface area contributed by atoms with Gasteiger partial charge in [0.15, 0.2) is 29.4 Å². The molecule has 0 saturated carbocycles. The summed E-state index contributed by atoms with van der Waals surface area (Å²) in [5.74, 6) is -1.99. The van der Waals surface area contributed by atoms with Crippen molar-refractivity contribution >= 4 is 38.1 Å². The van der Waals surface area contributed by atoms with Crippen LogP contribution in [0, 0.1) is 6.92 Å². The Balaban J connectivity index is 1.06. The number of fused-ring (bicyclic) bond motifs is 2. The number of methoxy groups -OCH3 is 1. The summed E-state index contributed by atoms with van der Waals surface area (Å²) in [5, 5.41) is 32.3. The number of hydrogen-bond donors (Lipinski definition) is 6. The van der Waals surface area contributed by atoms with Gasteiger partial charge in [-0.05, 0) is 18.1 Å². The number of esters is 1. The maximum Gasteiger partial charge on any atom is 0.342 e. The topological polar surface area (TPSA) is 277 Å². The summed E-state index contributed by atoms with van der Waals surface area (Å²) >= 11 is 0. The van der Waals surface area contributed by atoms with Gasteiger partial charge in [0.1, 0.15) is 54.1 Å². The number of imidazole rings is 1. The van der Waals surface area contributed by atoms with Crippen molar-refractivity contribution in [3.05, 3.63) is 70.3 Å². The van der Waals surface area contributed by atoms with E-state index >= 15 is 0 Å². The number of aromatic nitrogens is 4. The smallest absolute Gasteiger partial charge is 0.342 e. The molecule has 0 radical (unpaired) electrons. The lowest BCUT2D eigenvalue weighted by molar-refractivity contribution is -0.0484. The first-order valence-electron chi connectivity index (χ1n) is 15.8. The fourth-order valence-corrected chi connectivity index (χ4v) is 9.24. The van der Waals surface area contributed by atoms with E-state index in [4.69, 9.17) is 33.7 Å². The van der Waals surface area contributed by atoms with E-state index in [1.165, 1.54) is 18.0 Å². The number of phenolic OH excluding ortho intramolecular Hbond substituents is 1. The predicted octanol–water partition coefficient (Wildman–Crippen LogP) is 2.04. The van der Waals surface area contributed by atoms with E-state index in [2.05, 4.69) is 15.0 Å². The first kappa shape index (κ1) is 37.7. The Bertz CT molecular complexity index is 2060. The number of carbonyl (C=O) groups is 1. The molecule has 52 heavy (non-hydrogen) atoms. The maximum absolute atomic E-state index is 12.9. The highest BCUT2D eigenvalue weighted by atomic mass is 31.2. The summed E-state index contributed by atoms with van der Waals surface area (Å²) in [7, 11) is -8.30. The number of carbonyl (C=O) groups excluding carboxylic acids is 1. The zero-order chi connectivity index (χ0) is 37.4. The molecule has 0 aliphatic carbocycles. The second kappa shape index (κ2) is 15.2. The van der Waals surface area contributed by atoms with Gasteiger partial charge < -0.3 is 58.8 Å². The average molecular weight is 766 g/mol. The highest BCUT2D eigenvalue weighted by Gasteiger charge is 2.46. The molecule has 0 bridgehead atoms. The van der Waals surface area contributed by atoms with Crippen molar-refractivity contribution < 1.29 is 67.0 Å². The number of nitrogens with two attached hydrogens (primary N) is 1. The van der Waals surface area contributed by atoms with Gasteiger partial charge in [0, 0.05) is 17.5 Å². The van der Waals surface area contributed by atoms with Crippen molar-refractivity contribution in [1.29, 1.82) is 0 Å². The Morgan fingerprint density at radius 3 is 2.52 bits per heavy atom. The van der Waals surface area contributed by atoms with Crippen molar-refractivity contribution in [2.75, 3.05) is 32.0 Å². The molecule has 2 aliphatic rings. The van der Waals surface area contributed by atoms with Gasteiger partial charge in [-0.25, -0.2) is 19.7 Å². The zero-order valence-corrected chi connectivity index (χ0v) is 29.7. The van der Waals surface area contributed by atoms with Gasteiger partial charge in [-0.1, -0.05) is 30.3 Å². The van der Waals surface area contributed by atoms with E-state index in [-0.39, 0.29) is 59.3 Å². The van der Waals surface area contributed by atoms with Crippen LogP contribution in [0.5, 0.6) is 11.5 Å². The lowest BCUT2D eigenvalue weighted by Crippen LogP contribution is -2.33. The number of phenols is 1. The molecule has 0 spiro atoms. The van der Waals surface area contributed by atoms with E-state index in [9.17, 15) is 39.0 Å². The number of aliphatic hydroxyl groups excluding tert-OH is 2. The number of cyclic esters (lactones) is 1. The highest BCUT2D eigenvalue weighted by molar-refractivity contribution is 7.70. The maximum atomic E-state index is 12.9. The summed E-state index contributed by atoms with van der Waals surface area (Å²) in [6.45, 7) is 0.627. The van der Waals surface area contributed by atoms with E-state index in [0.29, 0.717) is 17.7 Å². The number of nitrogen functional groups attached to an aromatic ring is 1. The molecule has 4 aromatic rings. The molecule has 6 rings (SSSR count). The number of nitrogens with zero attached hydrogens (tertiary/aromatic N) is 4. The Hall–Kier alpha value is -4.00. The summed E-state index contributed by atoms with van der Waals surface area (Å²) in [4.78, 5) is 45.8. The molecule has 19 nitrogen and oxygen atoms in total. The van der Waals surface area contributed by atoms with Crippen molar-refractivity contribution in [2.24, 2.45) is 0 Å². The molecule has 2 unspecified atom stereocenters. The van der Waals surface area contributed by atoms with E-state index < -0.39 is 70.6 Å². The third kappa shape index (κ3) is 7.84. The number of anilines is 1. The first-order chi connectivity index (χ1) is 24.7. The third-order valence-corrected chi connectivity index (χ3v) is 12.5. The van der Waals surface area contributed by atoms with Crippen LogP contribution in [0.1, 0.15) is 44.7 Å². The van der Waals surface area contributed by atoms with Gasteiger partial charge in [0.05, 0.1) is 33.3 Å². The quantitative estimate of drug-likeness (QED) is 0.0746. The molecule has 4 heterocycles. The van der Waals surface area contributed by atoms with Crippen LogP contribution in [0.15, 0.2) is 36.7 Å². The van der Waals surface area contributed by atoms with Crippen LogP contribution in [0.2, 0.25) is 0 Å². The highest BCUT2D eigenvalue weighted by Crippen LogP contribution is 2.58. The molecule has 2 aliphatic heterocycles. The molecule has 1 fully saturated rings. The van der Waals surface area contributed by atoms with Gasteiger partial charge in [0.2, 0.25) is 0 Å². The zero-order valence-electron chi connectivity index (χ0n) is 27.9. The van der Waals surface area contributed by atoms with Crippen molar-refractivity contribution in [3.8, 4) is 11.5 Å². The van der Waals surface area contributed by atoms with Crippen molar-refractivity contribution in [2.45, 2.75) is 57.7 Å². The van der Waals surface area contributed by atoms with Crippen molar-refractivity contribution in [1.82, 2.24) is 19.5 Å². The Morgan fingerprint density at radius 1 is 1.06 bits per heavy atom. The second-order valence-electron chi connectivity index (χ2n) is 12.1. The SMILES string of the molecule is COc1c(C)c2c(c(O)c1CCOP(=O)(O)CP(=O)(O)OC[C@H]1O[C@@H](n3cnc4c(N)nc(COCc5ccccc5)nc43)[C@H](O)[C@@H]1O)C(=O)OC2. The van der Waals surface area contributed by atoms with Crippen LogP contribution in [0.3, 0.4) is 0 Å². The van der Waals surface area contributed by atoms with Gasteiger partial charge in [0.25, 0.3) is 0 Å². The normalized spacial score (nSPS) is 22.2. The Kier molecular flexibility index (Phi) is 11.0. The van der Waals surface area contributed by atoms with E-state index in [1.807, 2.05) is 30.3 Å². The van der Waals surface area contributed by atoms with Crippen LogP contribution in [0.25, 0.3) is 11.2 Å². The minimum Gasteiger partial charge on any atom is -0.507 e.